The lowest BCUT2D eigenvalue weighted by Crippen LogP contribution is -2.30. The van der Waals surface area contributed by atoms with Crippen LogP contribution in [0.4, 0.5) is 0 Å². The molecule has 2 N–H and O–H groups in total. The first-order valence-corrected chi connectivity index (χ1v) is 26.7. The maximum atomic E-state index is 12.8. The van der Waals surface area contributed by atoms with Crippen LogP contribution in [0.25, 0.3) is 0 Å². The van der Waals surface area contributed by atoms with Gasteiger partial charge in [0, 0.05) is 19.3 Å². The highest BCUT2D eigenvalue weighted by atomic mass is 31.2. The normalized spacial score (nSPS) is 14.0. The zero-order valence-corrected chi connectivity index (χ0v) is 41.4. The third-order valence-electron chi connectivity index (χ3n) is 10.4. The van der Waals surface area contributed by atoms with Gasteiger partial charge in [-0.1, -0.05) is 171 Å². The Bertz CT molecular complexity index is 1310. The van der Waals surface area contributed by atoms with E-state index in [0.717, 1.165) is 103 Å². The molecule has 0 heterocycles. The number of hydrogen-bond donors (Lipinski definition) is 2. The SMILES string of the molecule is CC/C=C\C/C=C\C/C=C\CCCCCC(=O)OC(CO)COP(=O)(O)OCC(COC(=O)CCCCCCCCCCC)OC(=O)CCCCCCC/C=C\C/C=C\CCCCC. The number of hydrogen-bond acceptors (Lipinski definition) is 10. The van der Waals surface area contributed by atoms with Gasteiger partial charge in [-0.2, -0.15) is 0 Å². The molecular weight excluding hydrogens is 832 g/mol. The summed E-state index contributed by atoms with van der Waals surface area (Å²) in [7, 11) is -4.75. The molecule has 0 aromatic carbocycles. The number of aliphatic hydroxyl groups is 1. The Kier molecular flexibility index (Phi) is 44.6. The first-order valence-electron chi connectivity index (χ1n) is 25.2. The number of allylic oxidation sites excluding steroid dienone is 10. The van der Waals surface area contributed by atoms with Crippen LogP contribution in [0.3, 0.4) is 0 Å². The zero-order chi connectivity index (χ0) is 47.0. The lowest BCUT2D eigenvalue weighted by molar-refractivity contribution is -0.161. The summed E-state index contributed by atoms with van der Waals surface area (Å²) < 4.78 is 39.2. The smallest absolute Gasteiger partial charge is 0.462 e. The van der Waals surface area contributed by atoms with Gasteiger partial charge in [0.1, 0.15) is 12.7 Å². The van der Waals surface area contributed by atoms with E-state index >= 15 is 0 Å². The van der Waals surface area contributed by atoms with E-state index in [-0.39, 0.29) is 25.9 Å². The van der Waals surface area contributed by atoms with Gasteiger partial charge in [-0.05, 0) is 83.5 Å². The number of unbranched alkanes of at least 4 members (excludes halogenated alkanes) is 19. The van der Waals surface area contributed by atoms with Crippen molar-refractivity contribution in [1.82, 2.24) is 0 Å². The van der Waals surface area contributed by atoms with Crippen LogP contribution in [-0.2, 0) is 42.2 Å². The Labute approximate surface area is 389 Å². The quantitative estimate of drug-likeness (QED) is 0.0197. The molecule has 3 atom stereocenters. The van der Waals surface area contributed by atoms with E-state index in [9.17, 15) is 28.9 Å². The summed E-state index contributed by atoms with van der Waals surface area (Å²) >= 11 is 0. The highest BCUT2D eigenvalue weighted by molar-refractivity contribution is 7.47. The number of aliphatic hydroxyl groups excluding tert-OH is 1. The van der Waals surface area contributed by atoms with Gasteiger partial charge >= 0.3 is 25.7 Å². The maximum absolute atomic E-state index is 12.8. The van der Waals surface area contributed by atoms with Crippen molar-refractivity contribution in [1.29, 1.82) is 0 Å². The van der Waals surface area contributed by atoms with E-state index in [4.69, 9.17) is 23.3 Å². The largest absolute Gasteiger partial charge is 0.472 e. The molecular formula is C52H91O11P. The molecule has 0 radical (unpaired) electrons. The Morgan fingerprint density at radius 2 is 0.812 bits per heavy atom. The van der Waals surface area contributed by atoms with E-state index in [1.54, 1.807) is 0 Å². The third kappa shape index (κ3) is 44.4. The molecule has 0 amide bonds. The van der Waals surface area contributed by atoms with Crippen LogP contribution in [0.1, 0.15) is 213 Å². The summed E-state index contributed by atoms with van der Waals surface area (Å²) in [4.78, 5) is 48.1. The van der Waals surface area contributed by atoms with Gasteiger partial charge < -0.3 is 24.2 Å². The molecule has 0 aliphatic carbocycles. The summed E-state index contributed by atoms with van der Waals surface area (Å²) in [6, 6.07) is 0. The van der Waals surface area contributed by atoms with Crippen LogP contribution in [0, 0.1) is 0 Å². The number of esters is 3. The highest BCUT2D eigenvalue weighted by Gasteiger charge is 2.28. The lowest BCUT2D eigenvalue weighted by Gasteiger charge is -2.21. The molecule has 370 valence electrons. The Balaban J connectivity index is 4.76. The second-order valence-corrected chi connectivity index (χ2v) is 18.1. The van der Waals surface area contributed by atoms with Crippen LogP contribution in [0.15, 0.2) is 60.8 Å². The van der Waals surface area contributed by atoms with Gasteiger partial charge in [-0.3, -0.25) is 23.4 Å². The van der Waals surface area contributed by atoms with Gasteiger partial charge in [0.15, 0.2) is 6.10 Å². The van der Waals surface area contributed by atoms with E-state index in [1.165, 1.54) is 51.4 Å². The van der Waals surface area contributed by atoms with Gasteiger partial charge in [-0.25, -0.2) is 4.57 Å². The monoisotopic (exact) mass is 923 g/mol. The number of ether oxygens (including phenoxy) is 3. The summed E-state index contributed by atoms with van der Waals surface area (Å²) in [6.45, 7) is 4.41. The molecule has 0 bridgehead atoms. The Morgan fingerprint density at radius 1 is 0.453 bits per heavy atom. The molecule has 11 nitrogen and oxygen atoms in total. The van der Waals surface area contributed by atoms with Crippen molar-refractivity contribution in [3.8, 4) is 0 Å². The van der Waals surface area contributed by atoms with Gasteiger partial charge in [-0.15, -0.1) is 0 Å². The van der Waals surface area contributed by atoms with Crippen molar-refractivity contribution in [2.45, 2.75) is 226 Å². The maximum Gasteiger partial charge on any atom is 0.472 e. The standard InChI is InChI=1S/C52H91O11P/c1-4-7-10-13-16-19-21-23-24-26-28-31-34-37-40-43-52(56)63-49(45-59-50(54)41-38-35-32-29-18-15-12-9-6-3)47-61-64(57,58)60-46-48(44-53)62-51(55)42-39-36-33-30-27-25-22-20-17-14-11-8-5-2/h8,11,16-17,19-20,23-25,27,48-49,53H,4-7,9-10,12-15,18,21-22,26,28-47H2,1-3H3,(H,57,58)/b11-8-,19-16-,20-17-,24-23-,27-25-. The highest BCUT2D eigenvalue weighted by Crippen LogP contribution is 2.43. The Hall–Kier alpha value is -2.82. The number of carbonyl (C=O) groups is 3. The van der Waals surface area contributed by atoms with Crippen LogP contribution < -0.4 is 0 Å². The fraction of sp³-hybridized carbons (Fsp3) is 0.750. The fourth-order valence-corrected chi connectivity index (χ4v) is 7.36. The van der Waals surface area contributed by atoms with Crippen molar-refractivity contribution in [2.24, 2.45) is 0 Å². The molecule has 0 rings (SSSR count). The molecule has 0 saturated carbocycles. The number of rotatable bonds is 46. The number of phosphoric ester groups is 1. The molecule has 0 fully saturated rings. The molecule has 0 aromatic heterocycles. The molecule has 0 aliphatic heterocycles. The average molecular weight is 923 g/mol. The summed E-state index contributed by atoms with van der Waals surface area (Å²) in [5.74, 6) is -1.51. The minimum atomic E-state index is -4.75. The van der Waals surface area contributed by atoms with Crippen molar-refractivity contribution in [2.75, 3.05) is 26.4 Å². The van der Waals surface area contributed by atoms with E-state index in [0.29, 0.717) is 19.3 Å². The van der Waals surface area contributed by atoms with Crippen molar-refractivity contribution in [3.63, 3.8) is 0 Å². The van der Waals surface area contributed by atoms with E-state index in [2.05, 4.69) is 81.5 Å². The predicted octanol–water partition coefficient (Wildman–Crippen LogP) is 14.0. The average Bonchev–Trinajstić information content (AvgIpc) is 3.28. The lowest BCUT2D eigenvalue weighted by atomic mass is 10.1. The van der Waals surface area contributed by atoms with E-state index in [1.807, 2.05) is 0 Å². The molecule has 0 saturated heterocycles. The zero-order valence-electron chi connectivity index (χ0n) is 40.5. The van der Waals surface area contributed by atoms with Crippen LogP contribution >= 0.6 is 7.82 Å². The van der Waals surface area contributed by atoms with Crippen molar-refractivity contribution in [3.05, 3.63) is 60.8 Å². The van der Waals surface area contributed by atoms with Crippen LogP contribution in [0.5, 0.6) is 0 Å². The second-order valence-electron chi connectivity index (χ2n) is 16.6. The van der Waals surface area contributed by atoms with Gasteiger partial charge in [0.2, 0.25) is 0 Å². The molecule has 0 spiro atoms. The van der Waals surface area contributed by atoms with Crippen LogP contribution in [-0.4, -0.2) is 66.5 Å². The fourth-order valence-electron chi connectivity index (χ4n) is 6.58. The number of carbonyl (C=O) groups excluding carboxylic acids is 3. The first-order chi connectivity index (χ1) is 31.2. The summed E-state index contributed by atoms with van der Waals surface area (Å²) in [6.07, 6.45) is 47.7. The van der Waals surface area contributed by atoms with Crippen LogP contribution in [0.2, 0.25) is 0 Å². The molecule has 0 aliphatic rings. The van der Waals surface area contributed by atoms with Gasteiger partial charge in [0.05, 0.1) is 19.8 Å². The molecule has 3 unspecified atom stereocenters. The summed E-state index contributed by atoms with van der Waals surface area (Å²) in [5.41, 5.74) is 0. The van der Waals surface area contributed by atoms with Crippen molar-refractivity contribution < 1.29 is 52.2 Å². The topological polar surface area (TPSA) is 155 Å². The third-order valence-corrected chi connectivity index (χ3v) is 11.4. The van der Waals surface area contributed by atoms with Gasteiger partial charge in [0.25, 0.3) is 0 Å². The molecule has 12 heteroatoms. The first kappa shape index (κ1) is 61.2. The summed E-state index contributed by atoms with van der Waals surface area (Å²) in [5, 5.41) is 9.75. The number of phosphoric acid groups is 1. The minimum Gasteiger partial charge on any atom is -0.462 e. The molecule has 64 heavy (non-hydrogen) atoms. The minimum absolute atomic E-state index is 0.140. The van der Waals surface area contributed by atoms with E-state index < -0.39 is 57.8 Å². The predicted molar refractivity (Wildman–Crippen MR) is 261 cm³/mol. The Morgan fingerprint density at radius 3 is 1.30 bits per heavy atom. The molecule has 0 aromatic rings. The second kappa shape index (κ2) is 46.7. The van der Waals surface area contributed by atoms with Crippen molar-refractivity contribution >= 4 is 25.7 Å².